The third-order valence-corrected chi connectivity index (χ3v) is 4.74. The highest BCUT2D eigenvalue weighted by Gasteiger charge is 2.09. The average molecular weight is 409 g/mol. The fourth-order valence-electron chi connectivity index (χ4n) is 2.11. The van der Waals surface area contributed by atoms with Crippen LogP contribution in [0.5, 0.6) is 5.75 Å². The lowest BCUT2D eigenvalue weighted by molar-refractivity contribution is 0.386. The molecule has 0 bridgehead atoms. The van der Waals surface area contributed by atoms with Crippen molar-refractivity contribution in [1.82, 2.24) is 10.1 Å². The van der Waals surface area contributed by atoms with E-state index in [9.17, 15) is 4.39 Å². The van der Waals surface area contributed by atoms with Crippen LogP contribution in [-0.4, -0.2) is 17.3 Å². The van der Waals surface area contributed by atoms with Crippen LogP contribution in [0.15, 0.2) is 51.5 Å². The summed E-state index contributed by atoms with van der Waals surface area (Å²) >= 11 is 5.00. The SMILES string of the molecule is COc1ccc(CSCc2nc(-c3cccc(Br)c3)no2)cc1F. The first-order chi connectivity index (χ1) is 11.7. The maximum absolute atomic E-state index is 13.6. The van der Waals surface area contributed by atoms with Gasteiger partial charge in [0.15, 0.2) is 11.6 Å². The van der Waals surface area contributed by atoms with E-state index in [0.29, 0.717) is 23.2 Å². The molecule has 4 nitrogen and oxygen atoms in total. The average Bonchev–Trinajstić information content (AvgIpc) is 3.04. The number of halogens is 2. The van der Waals surface area contributed by atoms with Gasteiger partial charge in [-0.05, 0) is 29.8 Å². The number of ether oxygens (including phenoxy) is 1. The molecule has 0 spiro atoms. The number of rotatable bonds is 6. The molecule has 24 heavy (non-hydrogen) atoms. The van der Waals surface area contributed by atoms with E-state index in [4.69, 9.17) is 9.26 Å². The normalized spacial score (nSPS) is 10.8. The summed E-state index contributed by atoms with van der Waals surface area (Å²) in [5.41, 5.74) is 1.77. The van der Waals surface area contributed by atoms with Gasteiger partial charge in [0.1, 0.15) is 0 Å². The molecule has 3 aromatic rings. The lowest BCUT2D eigenvalue weighted by atomic mass is 10.2. The van der Waals surface area contributed by atoms with E-state index in [1.807, 2.05) is 30.3 Å². The van der Waals surface area contributed by atoms with E-state index in [1.54, 1.807) is 17.8 Å². The van der Waals surface area contributed by atoms with E-state index in [1.165, 1.54) is 13.2 Å². The molecular formula is C17H14BrFN2O2S. The standard InChI is InChI=1S/C17H14BrFN2O2S/c1-22-15-6-5-11(7-14(15)19)9-24-10-16-20-17(21-23-16)12-3-2-4-13(18)8-12/h2-8H,9-10H2,1H3. The Kier molecular flexibility index (Phi) is 5.52. The molecule has 0 fully saturated rings. The minimum absolute atomic E-state index is 0.249. The van der Waals surface area contributed by atoms with Crippen LogP contribution in [0.3, 0.4) is 0 Å². The first kappa shape index (κ1) is 17.0. The molecule has 2 aromatic carbocycles. The molecule has 0 atom stereocenters. The number of thioether (sulfide) groups is 1. The van der Waals surface area contributed by atoms with Crippen LogP contribution in [0.2, 0.25) is 0 Å². The van der Waals surface area contributed by atoms with Crippen molar-refractivity contribution in [1.29, 1.82) is 0 Å². The second-order valence-corrected chi connectivity index (χ2v) is 6.89. The summed E-state index contributed by atoms with van der Waals surface area (Å²) in [6.07, 6.45) is 0. The van der Waals surface area contributed by atoms with Gasteiger partial charge in [-0.2, -0.15) is 4.98 Å². The summed E-state index contributed by atoms with van der Waals surface area (Å²) in [6, 6.07) is 12.7. The van der Waals surface area contributed by atoms with Gasteiger partial charge in [0, 0.05) is 15.8 Å². The molecule has 0 saturated carbocycles. The fourth-order valence-corrected chi connectivity index (χ4v) is 3.32. The quantitative estimate of drug-likeness (QED) is 0.568. The van der Waals surface area contributed by atoms with Gasteiger partial charge >= 0.3 is 0 Å². The van der Waals surface area contributed by atoms with E-state index >= 15 is 0 Å². The highest BCUT2D eigenvalue weighted by molar-refractivity contribution is 9.10. The van der Waals surface area contributed by atoms with Crippen molar-refractivity contribution in [2.24, 2.45) is 0 Å². The predicted molar refractivity (Wildman–Crippen MR) is 95.4 cm³/mol. The highest BCUT2D eigenvalue weighted by Crippen LogP contribution is 2.24. The first-order valence-electron chi connectivity index (χ1n) is 7.14. The molecule has 0 radical (unpaired) electrons. The number of benzene rings is 2. The predicted octanol–water partition coefficient (Wildman–Crippen LogP) is 5.08. The topological polar surface area (TPSA) is 48.2 Å². The first-order valence-corrected chi connectivity index (χ1v) is 9.09. The van der Waals surface area contributed by atoms with Crippen LogP contribution in [0, 0.1) is 5.82 Å². The Bertz CT molecular complexity index is 841. The lowest BCUT2D eigenvalue weighted by Gasteiger charge is -2.04. The molecule has 0 aliphatic heterocycles. The Morgan fingerprint density at radius 2 is 2.08 bits per heavy atom. The molecule has 1 aromatic heterocycles. The van der Waals surface area contributed by atoms with Gasteiger partial charge in [-0.15, -0.1) is 11.8 Å². The van der Waals surface area contributed by atoms with Crippen LogP contribution < -0.4 is 4.74 Å². The van der Waals surface area contributed by atoms with Crippen LogP contribution in [0.25, 0.3) is 11.4 Å². The van der Waals surface area contributed by atoms with E-state index < -0.39 is 0 Å². The number of hydrogen-bond acceptors (Lipinski definition) is 5. The molecule has 124 valence electrons. The van der Waals surface area contributed by atoms with Gasteiger partial charge in [0.2, 0.25) is 11.7 Å². The molecule has 0 N–H and O–H groups in total. The zero-order valence-electron chi connectivity index (χ0n) is 12.8. The summed E-state index contributed by atoms with van der Waals surface area (Å²) in [4.78, 5) is 4.38. The van der Waals surface area contributed by atoms with Crippen molar-refractivity contribution in [2.45, 2.75) is 11.5 Å². The molecule has 0 aliphatic rings. The van der Waals surface area contributed by atoms with Crippen LogP contribution in [0.1, 0.15) is 11.5 Å². The van der Waals surface area contributed by atoms with Crippen molar-refractivity contribution in [2.75, 3.05) is 7.11 Å². The maximum atomic E-state index is 13.6. The molecule has 0 saturated heterocycles. The zero-order chi connectivity index (χ0) is 16.9. The highest BCUT2D eigenvalue weighted by atomic mass is 79.9. The molecular weight excluding hydrogens is 395 g/mol. The fraction of sp³-hybridized carbons (Fsp3) is 0.176. The van der Waals surface area contributed by atoms with E-state index in [0.717, 1.165) is 15.6 Å². The molecule has 3 rings (SSSR count). The molecule has 0 aliphatic carbocycles. The molecule has 1 heterocycles. The van der Waals surface area contributed by atoms with E-state index in [-0.39, 0.29) is 11.6 Å². The van der Waals surface area contributed by atoms with Gasteiger partial charge in [0.25, 0.3) is 0 Å². The second-order valence-electron chi connectivity index (χ2n) is 4.98. The zero-order valence-corrected chi connectivity index (χ0v) is 15.2. The Morgan fingerprint density at radius 3 is 2.83 bits per heavy atom. The van der Waals surface area contributed by atoms with Crippen LogP contribution >= 0.6 is 27.7 Å². The monoisotopic (exact) mass is 408 g/mol. The summed E-state index contributed by atoms with van der Waals surface area (Å²) in [5.74, 6) is 2.21. The Hall–Kier alpha value is -1.86. The number of hydrogen-bond donors (Lipinski definition) is 0. The Morgan fingerprint density at radius 1 is 1.21 bits per heavy atom. The minimum Gasteiger partial charge on any atom is -0.494 e. The molecule has 0 unspecified atom stereocenters. The third kappa shape index (κ3) is 4.15. The van der Waals surface area contributed by atoms with Crippen molar-refractivity contribution in [3.8, 4) is 17.1 Å². The number of nitrogens with zero attached hydrogens (tertiary/aromatic N) is 2. The largest absolute Gasteiger partial charge is 0.494 e. The van der Waals surface area contributed by atoms with Gasteiger partial charge in [0.05, 0.1) is 12.9 Å². The van der Waals surface area contributed by atoms with Crippen molar-refractivity contribution in [3.05, 3.63) is 64.2 Å². The summed E-state index contributed by atoms with van der Waals surface area (Å²) in [7, 11) is 1.45. The third-order valence-electron chi connectivity index (χ3n) is 3.26. The van der Waals surface area contributed by atoms with E-state index in [2.05, 4.69) is 26.1 Å². The number of methoxy groups -OCH3 is 1. The van der Waals surface area contributed by atoms with Crippen LogP contribution in [0.4, 0.5) is 4.39 Å². The number of aromatic nitrogens is 2. The van der Waals surface area contributed by atoms with Crippen molar-refractivity contribution in [3.63, 3.8) is 0 Å². The Balaban J connectivity index is 1.59. The van der Waals surface area contributed by atoms with Gasteiger partial charge < -0.3 is 9.26 Å². The Labute approximate surface area is 151 Å². The lowest BCUT2D eigenvalue weighted by Crippen LogP contribution is -1.90. The minimum atomic E-state index is -0.356. The maximum Gasteiger partial charge on any atom is 0.236 e. The summed E-state index contributed by atoms with van der Waals surface area (Å²) in [6.45, 7) is 0. The van der Waals surface area contributed by atoms with Crippen molar-refractivity contribution < 1.29 is 13.7 Å². The van der Waals surface area contributed by atoms with Gasteiger partial charge in [-0.3, -0.25) is 0 Å². The summed E-state index contributed by atoms with van der Waals surface area (Å²) < 4.78 is 24.8. The summed E-state index contributed by atoms with van der Waals surface area (Å²) in [5, 5.41) is 3.99. The molecule has 7 heteroatoms. The second kappa shape index (κ2) is 7.81. The smallest absolute Gasteiger partial charge is 0.236 e. The van der Waals surface area contributed by atoms with Gasteiger partial charge in [-0.25, -0.2) is 4.39 Å². The van der Waals surface area contributed by atoms with Crippen LogP contribution in [-0.2, 0) is 11.5 Å². The van der Waals surface area contributed by atoms with Crippen molar-refractivity contribution >= 4 is 27.7 Å². The molecule has 0 amide bonds. The van der Waals surface area contributed by atoms with Gasteiger partial charge in [-0.1, -0.05) is 39.3 Å².